The fourth-order valence-corrected chi connectivity index (χ4v) is 4.63. The zero-order chi connectivity index (χ0) is 22.1. The van der Waals surface area contributed by atoms with Crippen LogP contribution in [-0.4, -0.2) is 31.6 Å². The molecular formula is C22H17N3O5S. The number of aliphatic hydroxyl groups excluding tert-OH is 1. The number of carbonyl (C=O) groups excluding carboxylic acids is 2. The molecule has 9 heteroatoms. The molecule has 31 heavy (non-hydrogen) atoms. The summed E-state index contributed by atoms with van der Waals surface area (Å²) in [5, 5.41) is 24.0. The van der Waals surface area contributed by atoms with Gasteiger partial charge in [-0.15, -0.1) is 11.3 Å². The molecule has 1 aliphatic rings. The summed E-state index contributed by atoms with van der Waals surface area (Å²) in [7, 11) is 0. The minimum absolute atomic E-state index is 0.0786. The first kappa shape index (κ1) is 20.4. The van der Waals surface area contributed by atoms with E-state index in [0.29, 0.717) is 0 Å². The molecule has 1 aromatic carbocycles. The number of amides is 1. The molecule has 156 valence electrons. The molecule has 1 unspecified atom stereocenters. The zero-order valence-electron chi connectivity index (χ0n) is 16.4. The van der Waals surface area contributed by atoms with Crippen molar-refractivity contribution in [3.8, 4) is 0 Å². The first-order valence-corrected chi connectivity index (χ1v) is 10.2. The summed E-state index contributed by atoms with van der Waals surface area (Å²) in [6.45, 7) is 2.02. The molecule has 0 aliphatic carbocycles. The fraction of sp³-hybridized carbons (Fsp3) is 0.136. The smallest absolute Gasteiger partial charge is 0.295 e. The number of nitrogens with zero attached hydrogens (tertiary/aromatic N) is 3. The van der Waals surface area contributed by atoms with Gasteiger partial charge in [-0.25, -0.2) is 0 Å². The number of aryl methyl sites for hydroxylation is 1. The maximum atomic E-state index is 13.0. The zero-order valence-corrected chi connectivity index (χ0v) is 17.2. The highest BCUT2D eigenvalue weighted by Crippen LogP contribution is 2.43. The number of aliphatic hydroxyl groups is 1. The Balaban J connectivity index is 1.87. The van der Waals surface area contributed by atoms with Gasteiger partial charge in [0.1, 0.15) is 11.8 Å². The van der Waals surface area contributed by atoms with Crippen LogP contribution >= 0.6 is 11.3 Å². The van der Waals surface area contributed by atoms with Crippen LogP contribution in [0.1, 0.15) is 27.6 Å². The van der Waals surface area contributed by atoms with Crippen LogP contribution in [0.4, 0.5) is 5.69 Å². The van der Waals surface area contributed by atoms with Crippen LogP contribution in [0.25, 0.3) is 5.76 Å². The second-order valence-electron chi connectivity index (χ2n) is 7.06. The number of Topliss-reactive ketones (excluding diaryl/α,β-unsaturated/α-hetero) is 1. The molecule has 4 rings (SSSR count). The highest BCUT2D eigenvalue weighted by molar-refractivity contribution is 7.10. The topological polar surface area (TPSA) is 114 Å². The number of likely N-dealkylation sites (tertiary alicyclic amines) is 1. The molecule has 1 fully saturated rings. The summed E-state index contributed by atoms with van der Waals surface area (Å²) in [4.78, 5) is 42.7. The van der Waals surface area contributed by atoms with Crippen molar-refractivity contribution in [3.05, 3.63) is 97.5 Å². The minimum atomic E-state index is -0.823. The molecular weight excluding hydrogens is 418 g/mol. The van der Waals surface area contributed by atoms with E-state index >= 15 is 0 Å². The Morgan fingerprint density at radius 1 is 1.23 bits per heavy atom. The molecule has 2 aromatic heterocycles. The third-order valence-electron chi connectivity index (χ3n) is 5.12. The molecule has 1 atom stereocenters. The molecule has 0 saturated carbocycles. The first-order chi connectivity index (χ1) is 14.9. The quantitative estimate of drug-likeness (QED) is 0.213. The average Bonchev–Trinajstić information content (AvgIpc) is 3.30. The third kappa shape index (κ3) is 3.71. The maximum Gasteiger partial charge on any atom is 0.295 e. The van der Waals surface area contributed by atoms with Gasteiger partial charge in [-0.1, -0.05) is 12.1 Å². The molecule has 0 spiro atoms. The summed E-state index contributed by atoms with van der Waals surface area (Å²) < 4.78 is 0. The van der Waals surface area contributed by atoms with Crippen molar-refractivity contribution in [1.82, 2.24) is 9.88 Å². The van der Waals surface area contributed by atoms with Crippen LogP contribution in [0.5, 0.6) is 0 Å². The van der Waals surface area contributed by atoms with E-state index in [-0.39, 0.29) is 23.4 Å². The number of nitro groups is 1. The molecule has 0 bridgehead atoms. The van der Waals surface area contributed by atoms with Gasteiger partial charge in [0, 0.05) is 41.5 Å². The predicted octanol–water partition coefficient (Wildman–Crippen LogP) is 3.98. The van der Waals surface area contributed by atoms with Gasteiger partial charge in [0.2, 0.25) is 0 Å². The lowest BCUT2D eigenvalue weighted by Gasteiger charge is -2.25. The molecule has 1 N–H and O–H groups in total. The Hall–Kier alpha value is -3.85. The van der Waals surface area contributed by atoms with Crippen LogP contribution < -0.4 is 0 Å². The fourth-order valence-electron chi connectivity index (χ4n) is 3.59. The van der Waals surface area contributed by atoms with Gasteiger partial charge in [-0.2, -0.15) is 0 Å². The van der Waals surface area contributed by atoms with Crippen molar-refractivity contribution >= 4 is 34.5 Å². The Kier molecular flexibility index (Phi) is 5.35. The number of non-ortho nitro benzene ring substituents is 1. The number of pyridine rings is 1. The average molecular weight is 435 g/mol. The van der Waals surface area contributed by atoms with E-state index in [4.69, 9.17) is 0 Å². The van der Waals surface area contributed by atoms with Crippen molar-refractivity contribution in [2.24, 2.45) is 0 Å². The van der Waals surface area contributed by atoms with Crippen LogP contribution in [-0.2, 0) is 16.1 Å². The van der Waals surface area contributed by atoms with E-state index in [2.05, 4.69) is 4.98 Å². The van der Waals surface area contributed by atoms with E-state index in [0.717, 1.165) is 16.0 Å². The lowest BCUT2D eigenvalue weighted by atomic mass is 9.98. The lowest BCUT2D eigenvalue weighted by molar-refractivity contribution is -0.384. The second-order valence-corrected chi connectivity index (χ2v) is 8.01. The summed E-state index contributed by atoms with van der Waals surface area (Å²) in [5.74, 6) is -1.99. The van der Waals surface area contributed by atoms with Crippen LogP contribution in [0.3, 0.4) is 0 Å². The molecule has 1 saturated heterocycles. The maximum absolute atomic E-state index is 13.0. The van der Waals surface area contributed by atoms with Crippen molar-refractivity contribution in [2.75, 3.05) is 0 Å². The van der Waals surface area contributed by atoms with E-state index in [9.17, 15) is 24.8 Å². The summed E-state index contributed by atoms with van der Waals surface area (Å²) in [6, 6.07) is 9.94. The van der Waals surface area contributed by atoms with Gasteiger partial charge in [-0.3, -0.25) is 24.7 Å². The Morgan fingerprint density at radius 2 is 1.97 bits per heavy atom. The van der Waals surface area contributed by atoms with Gasteiger partial charge < -0.3 is 10.0 Å². The van der Waals surface area contributed by atoms with Gasteiger partial charge in [-0.05, 0) is 41.6 Å². The standard InChI is InChI=1S/C22H17N3O5S/c1-13-7-10-31-21(13)18-17(19(26)15-3-2-4-16(11-15)25(29)30)20(27)22(28)24(18)12-14-5-8-23-9-6-14/h2-11,18,26H,12H2,1H3/b19-17-. The van der Waals surface area contributed by atoms with E-state index < -0.39 is 28.4 Å². The number of nitro benzene ring substituents is 1. The highest BCUT2D eigenvalue weighted by atomic mass is 32.1. The number of hydrogen-bond acceptors (Lipinski definition) is 7. The molecule has 3 heterocycles. The molecule has 3 aromatic rings. The monoisotopic (exact) mass is 435 g/mol. The lowest BCUT2D eigenvalue weighted by Crippen LogP contribution is -2.29. The van der Waals surface area contributed by atoms with E-state index in [1.54, 1.807) is 24.5 Å². The second kappa shape index (κ2) is 8.11. The first-order valence-electron chi connectivity index (χ1n) is 9.34. The van der Waals surface area contributed by atoms with Crippen LogP contribution in [0.15, 0.2) is 65.8 Å². The predicted molar refractivity (Wildman–Crippen MR) is 114 cm³/mol. The van der Waals surface area contributed by atoms with E-state index in [1.807, 2.05) is 18.4 Å². The van der Waals surface area contributed by atoms with Gasteiger partial charge in [0.05, 0.1) is 10.5 Å². The Morgan fingerprint density at radius 3 is 2.61 bits per heavy atom. The molecule has 1 aliphatic heterocycles. The SMILES string of the molecule is Cc1ccsc1C1/C(=C(/O)c2cccc([N+](=O)[O-])c2)C(=O)C(=O)N1Cc1ccncc1. The number of hydrogen-bond donors (Lipinski definition) is 1. The van der Waals surface area contributed by atoms with Gasteiger partial charge in [0.15, 0.2) is 0 Å². The molecule has 1 amide bonds. The Labute approximate surface area is 181 Å². The number of rotatable bonds is 5. The van der Waals surface area contributed by atoms with Crippen molar-refractivity contribution in [1.29, 1.82) is 0 Å². The highest BCUT2D eigenvalue weighted by Gasteiger charge is 2.47. The number of ketones is 1. The minimum Gasteiger partial charge on any atom is -0.507 e. The van der Waals surface area contributed by atoms with E-state index in [1.165, 1.54) is 40.5 Å². The van der Waals surface area contributed by atoms with Gasteiger partial charge >= 0.3 is 0 Å². The van der Waals surface area contributed by atoms with Crippen LogP contribution in [0, 0.1) is 17.0 Å². The summed E-state index contributed by atoms with van der Waals surface area (Å²) in [6.07, 6.45) is 3.20. The summed E-state index contributed by atoms with van der Waals surface area (Å²) in [5.41, 5.74) is 1.47. The number of benzene rings is 1. The van der Waals surface area contributed by atoms with Crippen molar-refractivity contribution in [2.45, 2.75) is 19.5 Å². The van der Waals surface area contributed by atoms with Crippen molar-refractivity contribution < 1.29 is 19.6 Å². The Bertz CT molecular complexity index is 1220. The number of aromatic nitrogens is 1. The van der Waals surface area contributed by atoms with Crippen molar-refractivity contribution in [3.63, 3.8) is 0 Å². The largest absolute Gasteiger partial charge is 0.507 e. The third-order valence-corrected chi connectivity index (χ3v) is 6.19. The van der Waals surface area contributed by atoms with Crippen LogP contribution in [0.2, 0.25) is 0 Å². The number of thiophene rings is 1. The normalized spacial score (nSPS) is 17.8. The molecule has 8 nitrogen and oxygen atoms in total. The van der Waals surface area contributed by atoms with Gasteiger partial charge in [0.25, 0.3) is 17.4 Å². The summed E-state index contributed by atoms with van der Waals surface area (Å²) >= 11 is 1.38. The molecule has 0 radical (unpaired) electrons. The number of carbonyl (C=O) groups is 2.